The fourth-order valence-electron chi connectivity index (χ4n) is 1.98. The van der Waals surface area contributed by atoms with Gasteiger partial charge in [-0.2, -0.15) is 5.10 Å². The zero-order valence-electron chi connectivity index (χ0n) is 13.3. The zero-order valence-corrected chi connectivity index (χ0v) is 13.3. The summed E-state index contributed by atoms with van der Waals surface area (Å²) in [6.07, 6.45) is 3.62. The van der Waals surface area contributed by atoms with Crippen LogP contribution in [-0.4, -0.2) is 18.7 Å². The molecule has 0 spiro atoms. The van der Waals surface area contributed by atoms with E-state index < -0.39 is 0 Å². The minimum absolute atomic E-state index is 0.253. The first-order valence-electron chi connectivity index (χ1n) is 7.48. The molecule has 0 unspecified atom stereocenters. The summed E-state index contributed by atoms with van der Waals surface area (Å²) < 4.78 is 5.34. The molecule has 0 radical (unpaired) electrons. The Morgan fingerprint density at radius 2 is 1.83 bits per heavy atom. The minimum Gasteiger partial charge on any atom is -0.494 e. The molecule has 0 saturated carbocycles. The molecule has 1 amide bonds. The number of amides is 1. The summed E-state index contributed by atoms with van der Waals surface area (Å²) in [5, 5.41) is 3.98. The SMILES string of the molecule is CCOc1ccc(C(=O)N/N=C/C(C)=C/c2ccccc2)cc1. The number of benzene rings is 2. The Hall–Kier alpha value is -2.88. The third-order valence-electron chi connectivity index (χ3n) is 3.06. The van der Waals surface area contributed by atoms with E-state index >= 15 is 0 Å². The monoisotopic (exact) mass is 308 g/mol. The summed E-state index contributed by atoms with van der Waals surface area (Å²) >= 11 is 0. The van der Waals surface area contributed by atoms with Crippen molar-refractivity contribution in [2.75, 3.05) is 6.61 Å². The van der Waals surface area contributed by atoms with E-state index in [4.69, 9.17) is 4.74 Å². The summed E-state index contributed by atoms with van der Waals surface area (Å²) in [6, 6.07) is 16.9. The molecule has 23 heavy (non-hydrogen) atoms. The van der Waals surface area contributed by atoms with Gasteiger partial charge in [-0.05, 0) is 49.2 Å². The molecule has 0 atom stereocenters. The van der Waals surface area contributed by atoms with Crippen molar-refractivity contribution in [1.29, 1.82) is 0 Å². The maximum atomic E-state index is 12.0. The quantitative estimate of drug-likeness (QED) is 0.650. The molecule has 118 valence electrons. The van der Waals surface area contributed by atoms with Gasteiger partial charge in [0.25, 0.3) is 5.91 Å². The van der Waals surface area contributed by atoms with Gasteiger partial charge in [0, 0.05) is 5.56 Å². The summed E-state index contributed by atoms with van der Waals surface area (Å²) in [5.74, 6) is 0.492. The van der Waals surface area contributed by atoms with Crippen LogP contribution in [0.1, 0.15) is 29.8 Å². The molecule has 2 rings (SSSR count). The topological polar surface area (TPSA) is 50.7 Å². The molecule has 0 fully saturated rings. The molecule has 2 aromatic carbocycles. The van der Waals surface area contributed by atoms with Crippen molar-refractivity contribution in [3.8, 4) is 5.75 Å². The minimum atomic E-state index is -0.253. The highest BCUT2D eigenvalue weighted by Crippen LogP contribution is 2.12. The van der Waals surface area contributed by atoms with Crippen molar-refractivity contribution in [2.24, 2.45) is 5.10 Å². The first-order chi connectivity index (χ1) is 11.2. The molecule has 2 aromatic rings. The summed E-state index contributed by atoms with van der Waals surface area (Å²) in [6.45, 7) is 4.45. The average molecular weight is 308 g/mol. The zero-order chi connectivity index (χ0) is 16.5. The van der Waals surface area contributed by atoms with E-state index in [-0.39, 0.29) is 5.91 Å². The van der Waals surface area contributed by atoms with Crippen LogP contribution < -0.4 is 10.2 Å². The molecular weight excluding hydrogens is 288 g/mol. The van der Waals surface area contributed by atoms with Gasteiger partial charge >= 0.3 is 0 Å². The van der Waals surface area contributed by atoms with Crippen molar-refractivity contribution < 1.29 is 9.53 Å². The van der Waals surface area contributed by atoms with Crippen molar-refractivity contribution in [1.82, 2.24) is 5.43 Å². The van der Waals surface area contributed by atoms with E-state index in [1.807, 2.05) is 50.3 Å². The van der Waals surface area contributed by atoms with Crippen molar-refractivity contribution in [3.63, 3.8) is 0 Å². The first kappa shape index (κ1) is 16.5. The number of rotatable bonds is 6. The second-order valence-electron chi connectivity index (χ2n) is 4.96. The molecule has 4 heteroatoms. The second-order valence-corrected chi connectivity index (χ2v) is 4.96. The summed E-state index contributed by atoms with van der Waals surface area (Å²) in [4.78, 5) is 12.0. The summed E-state index contributed by atoms with van der Waals surface area (Å²) in [5.41, 5.74) is 5.09. The second kappa shape index (κ2) is 8.54. The van der Waals surface area contributed by atoms with E-state index in [0.717, 1.165) is 16.9 Å². The third kappa shape index (κ3) is 5.43. The lowest BCUT2D eigenvalue weighted by molar-refractivity contribution is 0.0955. The average Bonchev–Trinajstić information content (AvgIpc) is 2.56. The van der Waals surface area contributed by atoms with Crippen LogP contribution in [0.25, 0.3) is 6.08 Å². The van der Waals surface area contributed by atoms with Crippen LogP contribution in [0.3, 0.4) is 0 Å². The van der Waals surface area contributed by atoms with E-state index in [1.165, 1.54) is 0 Å². The largest absolute Gasteiger partial charge is 0.494 e. The fourth-order valence-corrected chi connectivity index (χ4v) is 1.98. The van der Waals surface area contributed by atoms with Crippen LogP contribution in [0.5, 0.6) is 5.75 Å². The van der Waals surface area contributed by atoms with Gasteiger partial charge in [0.2, 0.25) is 0 Å². The highest BCUT2D eigenvalue weighted by Gasteiger charge is 2.03. The molecule has 1 N–H and O–H groups in total. The van der Waals surface area contributed by atoms with E-state index in [1.54, 1.807) is 30.5 Å². The smallest absolute Gasteiger partial charge is 0.271 e. The Morgan fingerprint density at radius 3 is 2.48 bits per heavy atom. The molecular formula is C19H20N2O2. The molecule has 4 nitrogen and oxygen atoms in total. The van der Waals surface area contributed by atoms with Gasteiger partial charge in [0.1, 0.15) is 5.75 Å². The van der Waals surface area contributed by atoms with Crippen molar-refractivity contribution >= 4 is 18.2 Å². The van der Waals surface area contributed by atoms with Gasteiger partial charge in [0.15, 0.2) is 0 Å². The van der Waals surface area contributed by atoms with E-state index in [9.17, 15) is 4.79 Å². The van der Waals surface area contributed by atoms with Gasteiger partial charge in [-0.3, -0.25) is 4.79 Å². The fraction of sp³-hybridized carbons (Fsp3) is 0.158. The Labute approximate surface area is 136 Å². The number of hydrazone groups is 1. The Bertz CT molecular complexity index is 689. The lowest BCUT2D eigenvalue weighted by Crippen LogP contribution is -2.17. The van der Waals surface area contributed by atoms with Gasteiger partial charge < -0.3 is 4.74 Å². The van der Waals surface area contributed by atoms with Gasteiger partial charge in [-0.25, -0.2) is 5.43 Å². The maximum absolute atomic E-state index is 12.0. The van der Waals surface area contributed by atoms with E-state index in [0.29, 0.717) is 12.2 Å². The third-order valence-corrected chi connectivity index (χ3v) is 3.06. The molecule has 0 aliphatic heterocycles. The van der Waals surface area contributed by atoms with Crippen LogP contribution in [0, 0.1) is 0 Å². The number of carbonyl (C=O) groups is 1. The molecule has 0 bridgehead atoms. The van der Waals surface area contributed by atoms with Gasteiger partial charge in [-0.15, -0.1) is 0 Å². The van der Waals surface area contributed by atoms with Crippen LogP contribution in [0.4, 0.5) is 0 Å². The Morgan fingerprint density at radius 1 is 1.13 bits per heavy atom. The van der Waals surface area contributed by atoms with Crippen LogP contribution in [0.2, 0.25) is 0 Å². The Kier molecular flexibility index (Phi) is 6.12. The standard InChI is InChI=1S/C19H20N2O2/c1-3-23-18-11-9-17(10-12-18)19(22)21-20-14-15(2)13-16-7-5-4-6-8-16/h4-14H,3H2,1-2H3,(H,21,22)/b15-13+,20-14+. The normalized spacial score (nSPS) is 11.5. The van der Waals surface area contributed by atoms with Crippen molar-refractivity contribution in [2.45, 2.75) is 13.8 Å². The number of hydrogen-bond acceptors (Lipinski definition) is 3. The van der Waals surface area contributed by atoms with Crippen LogP contribution in [0.15, 0.2) is 65.3 Å². The molecule has 0 saturated heterocycles. The van der Waals surface area contributed by atoms with E-state index in [2.05, 4.69) is 10.5 Å². The number of carbonyl (C=O) groups excluding carboxylic acids is 1. The molecule has 0 aliphatic carbocycles. The van der Waals surface area contributed by atoms with Crippen LogP contribution in [-0.2, 0) is 0 Å². The number of nitrogens with one attached hydrogen (secondary N) is 1. The lowest BCUT2D eigenvalue weighted by Gasteiger charge is -2.04. The highest BCUT2D eigenvalue weighted by molar-refractivity contribution is 5.95. The molecule has 0 aromatic heterocycles. The number of nitrogens with zero attached hydrogens (tertiary/aromatic N) is 1. The number of hydrogen-bond donors (Lipinski definition) is 1. The lowest BCUT2D eigenvalue weighted by atomic mass is 10.1. The Balaban J connectivity index is 1.91. The van der Waals surface area contributed by atoms with Gasteiger partial charge in [0.05, 0.1) is 12.8 Å². The van der Waals surface area contributed by atoms with Crippen molar-refractivity contribution in [3.05, 3.63) is 71.3 Å². The first-order valence-corrected chi connectivity index (χ1v) is 7.48. The predicted octanol–water partition coefficient (Wildman–Crippen LogP) is 3.90. The molecule has 0 heterocycles. The maximum Gasteiger partial charge on any atom is 0.271 e. The molecule has 0 aliphatic rings. The van der Waals surface area contributed by atoms with Gasteiger partial charge in [-0.1, -0.05) is 36.4 Å². The highest BCUT2D eigenvalue weighted by atomic mass is 16.5. The number of allylic oxidation sites excluding steroid dienone is 1. The van der Waals surface area contributed by atoms with Crippen LogP contribution >= 0.6 is 0 Å². The predicted molar refractivity (Wildman–Crippen MR) is 93.7 cm³/mol. The summed E-state index contributed by atoms with van der Waals surface area (Å²) in [7, 11) is 0. The number of ether oxygens (including phenoxy) is 1.